The smallest absolute Gasteiger partial charge is 0.235 e. The number of aromatic nitrogens is 4. The lowest BCUT2D eigenvalue weighted by molar-refractivity contribution is 1.01. The Kier molecular flexibility index (Phi) is 5.81. The predicted octanol–water partition coefficient (Wildman–Crippen LogP) is 10.9. The normalized spacial score (nSPS) is 12.1. The highest BCUT2D eigenvalue weighted by molar-refractivity contribution is 6.14. The fourth-order valence-corrected chi connectivity index (χ4v) is 7.33. The van der Waals surface area contributed by atoms with Gasteiger partial charge in [0.2, 0.25) is 5.95 Å². The van der Waals surface area contributed by atoms with E-state index in [0.717, 1.165) is 72.2 Å². The molecule has 224 valence electrons. The lowest BCUT2D eigenvalue weighted by atomic mass is 9.93. The second-order valence-electron chi connectivity index (χ2n) is 12.1. The van der Waals surface area contributed by atoms with E-state index in [0.29, 0.717) is 5.95 Å². The molecule has 9 aromatic rings. The Hall–Kier alpha value is -6.59. The molecule has 1 aliphatic rings. The Morgan fingerprint density at radius 2 is 1.10 bits per heavy atom. The van der Waals surface area contributed by atoms with Crippen LogP contribution < -0.4 is 4.90 Å². The van der Waals surface area contributed by atoms with E-state index in [1.807, 2.05) is 30.6 Å². The van der Waals surface area contributed by atoms with Gasteiger partial charge in [0.05, 0.1) is 33.6 Å². The van der Waals surface area contributed by atoms with Crippen molar-refractivity contribution in [1.29, 1.82) is 0 Å². The molecule has 3 aromatic heterocycles. The van der Waals surface area contributed by atoms with Crippen molar-refractivity contribution < 1.29 is 0 Å². The number of pyridine rings is 1. The average molecular weight is 614 g/mol. The number of anilines is 3. The van der Waals surface area contributed by atoms with E-state index in [9.17, 15) is 0 Å². The van der Waals surface area contributed by atoms with E-state index in [1.165, 1.54) is 11.1 Å². The third-order valence-electron chi connectivity index (χ3n) is 9.43. The van der Waals surface area contributed by atoms with Gasteiger partial charge in [-0.25, -0.2) is 9.97 Å². The van der Waals surface area contributed by atoms with Crippen LogP contribution in [0.5, 0.6) is 0 Å². The van der Waals surface area contributed by atoms with Crippen LogP contribution in [0.4, 0.5) is 17.1 Å². The first-order chi connectivity index (χ1) is 23.8. The molecule has 0 unspecified atom stereocenters. The van der Waals surface area contributed by atoms with Crippen molar-refractivity contribution in [3.8, 4) is 39.5 Å². The first-order valence-electron chi connectivity index (χ1n) is 16.1. The SMILES string of the molecule is c1ccc(-c2nc(-n3c4ccncc4c4cc5c(cc43)-c3ccccc3N(c3ccccc3)c3ccccc3-5)nc3ccccc23)cc1. The van der Waals surface area contributed by atoms with Crippen LogP contribution in [0.3, 0.4) is 0 Å². The summed E-state index contributed by atoms with van der Waals surface area (Å²) < 4.78 is 2.21. The molecule has 0 N–H and O–H groups in total. The molecular formula is C43H27N5. The lowest BCUT2D eigenvalue weighted by Gasteiger charge is -2.27. The van der Waals surface area contributed by atoms with E-state index in [4.69, 9.17) is 9.97 Å². The summed E-state index contributed by atoms with van der Waals surface area (Å²) in [7, 11) is 0. The minimum absolute atomic E-state index is 0.631. The maximum absolute atomic E-state index is 5.30. The van der Waals surface area contributed by atoms with Gasteiger partial charge in [-0.3, -0.25) is 9.55 Å². The van der Waals surface area contributed by atoms with Gasteiger partial charge in [-0.1, -0.05) is 103 Å². The molecule has 0 saturated carbocycles. The molecule has 0 amide bonds. The van der Waals surface area contributed by atoms with Crippen molar-refractivity contribution in [2.24, 2.45) is 0 Å². The number of fused-ring (bicyclic) bond motifs is 9. The summed E-state index contributed by atoms with van der Waals surface area (Å²) in [6, 6.07) is 53.4. The molecule has 0 spiro atoms. The van der Waals surface area contributed by atoms with Crippen molar-refractivity contribution in [2.45, 2.75) is 0 Å². The predicted molar refractivity (Wildman–Crippen MR) is 196 cm³/mol. The molecule has 0 aliphatic carbocycles. The second-order valence-corrected chi connectivity index (χ2v) is 12.1. The Morgan fingerprint density at radius 1 is 0.458 bits per heavy atom. The molecular weight excluding hydrogens is 587 g/mol. The van der Waals surface area contributed by atoms with Crippen LogP contribution >= 0.6 is 0 Å². The van der Waals surface area contributed by atoms with E-state index < -0.39 is 0 Å². The zero-order valence-electron chi connectivity index (χ0n) is 25.8. The topological polar surface area (TPSA) is 46.8 Å². The van der Waals surface area contributed by atoms with E-state index >= 15 is 0 Å². The van der Waals surface area contributed by atoms with Crippen LogP contribution in [0.1, 0.15) is 0 Å². The number of nitrogens with zero attached hydrogens (tertiary/aromatic N) is 5. The first-order valence-corrected chi connectivity index (χ1v) is 16.1. The average Bonchev–Trinajstić information content (AvgIpc) is 3.42. The van der Waals surface area contributed by atoms with E-state index in [2.05, 4.69) is 148 Å². The Balaban J connectivity index is 1.32. The van der Waals surface area contributed by atoms with Crippen LogP contribution in [0.2, 0.25) is 0 Å². The summed E-state index contributed by atoms with van der Waals surface area (Å²) in [5.74, 6) is 0.631. The van der Waals surface area contributed by atoms with E-state index in [-0.39, 0.29) is 0 Å². The number of benzene rings is 6. The van der Waals surface area contributed by atoms with Gasteiger partial charge in [0.1, 0.15) is 0 Å². The van der Waals surface area contributed by atoms with Gasteiger partial charge in [0, 0.05) is 50.9 Å². The van der Waals surface area contributed by atoms with Crippen LogP contribution in [0, 0.1) is 0 Å². The Labute approximate surface area is 277 Å². The summed E-state index contributed by atoms with van der Waals surface area (Å²) in [5, 5.41) is 3.19. The fraction of sp³-hybridized carbons (Fsp3) is 0. The minimum atomic E-state index is 0.631. The highest BCUT2D eigenvalue weighted by Gasteiger charge is 2.28. The van der Waals surface area contributed by atoms with Gasteiger partial charge >= 0.3 is 0 Å². The van der Waals surface area contributed by atoms with Gasteiger partial charge in [-0.2, -0.15) is 0 Å². The quantitative estimate of drug-likeness (QED) is 0.199. The minimum Gasteiger partial charge on any atom is -0.309 e. The molecule has 0 fully saturated rings. The highest BCUT2D eigenvalue weighted by Crippen LogP contribution is 2.52. The van der Waals surface area contributed by atoms with Gasteiger partial charge in [0.15, 0.2) is 0 Å². The summed E-state index contributed by atoms with van der Waals surface area (Å²) in [5.41, 5.74) is 13.0. The fourth-order valence-electron chi connectivity index (χ4n) is 7.33. The second kappa shape index (κ2) is 10.5. The van der Waals surface area contributed by atoms with Crippen LogP contribution in [-0.4, -0.2) is 19.5 Å². The van der Waals surface area contributed by atoms with Crippen LogP contribution in [0.15, 0.2) is 164 Å². The summed E-state index contributed by atoms with van der Waals surface area (Å²) in [6.07, 6.45) is 3.82. The molecule has 48 heavy (non-hydrogen) atoms. The molecule has 0 bridgehead atoms. The van der Waals surface area contributed by atoms with Gasteiger partial charge < -0.3 is 4.90 Å². The zero-order valence-corrected chi connectivity index (χ0v) is 25.8. The standard InChI is InChI=1S/C43H27N5/c1-3-13-28(14-4-1)42-32-19-7-10-20-37(32)45-43(46-42)48-40-23-24-44-27-36(40)35-25-33-30-17-8-11-21-38(30)47(29-15-5-2-6-16-29)39-22-12-9-18-31(39)34(33)26-41(35)48/h1-27H. The largest absolute Gasteiger partial charge is 0.309 e. The maximum atomic E-state index is 5.30. The molecule has 0 radical (unpaired) electrons. The summed E-state index contributed by atoms with van der Waals surface area (Å²) in [6.45, 7) is 0. The van der Waals surface area contributed by atoms with Crippen LogP contribution in [-0.2, 0) is 0 Å². The van der Waals surface area contributed by atoms with Crippen molar-refractivity contribution in [1.82, 2.24) is 19.5 Å². The lowest BCUT2D eigenvalue weighted by Crippen LogP contribution is -2.10. The zero-order chi connectivity index (χ0) is 31.6. The van der Waals surface area contributed by atoms with Gasteiger partial charge in [-0.15, -0.1) is 0 Å². The Morgan fingerprint density at radius 3 is 1.88 bits per heavy atom. The van der Waals surface area contributed by atoms with Gasteiger partial charge in [-0.05, 0) is 59.7 Å². The number of rotatable bonds is 3. The Bertz CT molecular complexity index is 2680. The molecule has 6 aromatic carbocycles. The summed E-state index contributed by atoms with van der Waals surface area (Å²) in [4.78, 5) is 17.5. The molecule has 5 heteroatoms. The van der Waals surface area contributed by atoms with Gasteiger partial charge in [0.25, 0.3) is 0 Å². The van der Waals surface area contributed by atoms with Crippen LogP contribution in [0.25, 0.3) is 72.2 Å². The molecule has 10 rings (SSSR count). The summed E-state index contributed by atoms with van der Waals surface area (Å²) >= 11 is 0. The number of hydrogen-bond donors (Lipinski definition) is 0. The highest BCUT2D eigenvalue weighted by atomic mass is 15.2. The monoisotopic (exact) mass is 613 g/mol. The first kappa shape index (κ1) is 26.6. The van der Waals surface area contributed by atoms with Crippen molar-refractivity contribution in [3.63, 3.8) is 0 Å². The van der Waals surface area contributed by atoms with Crippen molar-refractivity contribution >= 4 is 49.8 Å². The molecule has 5 nitrogen and oxygen atoms in total. The number of hydrogen-bond acceptors (Lipinski definition) is 4. The molecule has 0 atom stereocenters. The molecule has 0 saturated heterocycles. The maximum Gasteiger partial charge on any atom is 0.235 e. The number of para-hydroxylation sites is 4. The third kappa shape index (κ3) is 3.94. The molecule has 4 heterocycles. The van der Waals surface area contributed by atoms with Crippen molar-refractivity contribution in [3.05, 3.63) is 164 Å². The third-order valence-corrected chi connectivity index (χ3v) is 9.43. The molecule has 1 aliphatic heterocycles. The van der Waals surface area contributed by atoms with Crippen molar-refractivity contribution in [2.75, 3.05) is 4.90 Å². The van der Waals surface area contributed by atoms with E-state index in [1.54, 1.807) is 0 Å².